The van der Waals surface area contributed by atoms with Crippen LogP contribution >= 0.6 is 27.5 Å². The zero-order valence-electron chi connectivity index (χ0n) is 7.30. The zero-order valence-corrected chi connectivity index (χ0v) is 9.64. The van der Waals surface area contributed by atoms with Crippen molar-refractivity contribution in [1.29, 1.82) is 0 Å². The van der Waals surface area contributed by atoms with Crippen LogP contribution in [-0.4, -0.2) is 0 Å². The fourth-order valence-corrected chi connectivity index (χ4v) is 1.92. The maximum Gasteiger partial charge on any atom is 0.0484 e. The molecule has 2 heteroatoms. The normalized spacial score (nSPS) is 10.1. The third-order valence-electron chi connectivity index (χ3n) is 1.95. The highest BCUT2D eigenvalue weighted by atomic mass is 79.9. The Morgan fingerprint density at radius 2 is 1.93 bits per heavy atom. The number of hydrogen-bond donors (Lipinski definition) is 0. The van der Waals surface area contributed by atoms with E-state index in [9.17, 15) is 0 Å². The third-order valence-corrected chi connectivity index (χ3v) is 2.74. The van der Waals surface area contributed by atoms with Crippen molar-refractivity contribution in [1.82, 2.24) is 0 Å². The van der Waals surface area contributed by atoms with Crippen molar-refractivity contribution in [3.63, 3.8) is 0 Å². The molecular weight excluding hydrogens is 259 g/mol. The Hall–Kier alpha value is -0.790. The van der Waals surface area contributed by atoms with Crippen LogP contribution in [0.4, 0.5) is 0 Å². The maximum absolute atomic E-state index is 6.09. The van der Waals surface area contributed by atoms with Crippen LogP contribution in [0.25, 0.3) is 11.1 Å². The van der Waals surface area contributed by atoms with Gasteiger partial charge in [-0.2, -0.15) is 0 Å². The molecule has 0 aromatic heterocycles. The van der Waals surface area contributed by atoms with Crippen LogP contribution in [0.1, 0.15) is 0 Å². The molecule has 0 aliphatic rings. The first-order chi connectivity index (χ1) is 6.77. The van der Waals surface area contributed by atoms with Crippen LogP contribution in [0, 0.1) is 6.07 Å². The molecular formula is C12H7BrCl. The molecule has 0 fully saturated rings. The second-order valence-corrected chi connectivity index (χ2v) is 4.17. The van der Waals surface area contributed by atoms with Gasteiger partial charge in [-0.25, -0.2) is 0 Å². The van der Waals surface area contributed by atoms with Gasteiger partial charge in [0.15, 0.2) is 0 Å². The van der Waals surface area contributed by atoms with Gasteiger partial charge in [0, 0.05) is 15.1 Å². The van der Waals surface area contributed by atoms with Crippen LogP contribution in [0.15, 0.2) is 46.9 Å². The minimum Gasteiger partial charge on any atom is -0.0837 e. The van der Waals surface area contributed by atoms with E-state index in [4.69, 9.17) is 11.6 Å². The Kier molecular flexibility index (Phi) is 2.90. The molecule has 0 nitrogen and oxygen atoms in total. The Morgan fingerprint density at radius 1 is 1.14 bits per heavy atom. The molecule has 2 rings (SSSR count). The highest BCUT2D eigenvalue weighted by Crippen LogP contribution is 2.28. The molecule has 0 aliphatic carbocycles. The zero-order chi connectivity index (χ0) is 9.97. The first kappa shape index (κ1) is 9.75. The van der Waals surface area contributed by atoms with E-state index in [1.807, 2.05) is 42.5 Å². The molecule has 0 spiro atoms. The highest BCUT2D eigenvalue weighted by molar-refractivity contribution is 9.10. The molecule has 0 atom stereocenters. The molecule has 69 valence electrons. The lowest BCUT2D eigenvalue weighted by molar-refractivity contribution is 1.58. The molecule has 0 amide bonds. The summed E-state index contributed by atoms with van der Waals surface area (Å²) in [6, 6.07) is 16.7. The van der Waals surface area contributed by atoms with Crippen LogP contribution in [-0.2, 0) is 0 Å². The maximum atomic E-state index is 6.09. The number of halogens is 2. The minimum atomic E-state index is 0.769. The molecule has 0 heterocycles. The predicted molar refractivity (Wildman–Crippen MR) is 63.4 cm³/mol. The standard InChI is InChI=1S/C12H7BrCl/c13-10-5-3-4-9(8-10)11-6-1-2-7-12(11)14/h1-4,6-8H. The third kappa shape index (κ3) is 1.99. The molecule has 0 aliphatic heterocycles. The van der Waals surface area contributed by atoms with E-state index in [0.717, 1.165) is 20.6 Å². The summed E-state index contributed by atoms with van der Waals surface area (Å²) in [5.74, 6) is 0. The fraction of sp³-hybridized carbons (Fsp3) is 0. The van der Waals surface area contributed by atoms with Gasteiger partial charge >= 0.3 is 0 Å². The van der Waals surface area contributed by atoms with Gasteiger partial charge in [0.05, 0.1) is 0 Å². The number of rotatable bonds is 1. The van der Waals surface area contributed by atoms with E-state index in [1.54, 1.807) is 0 Å². The molecule has 2 aromatic rings. The fourth-order valence-electron chi connectivity index (χ4n) is 1.30. The first-order valence-electron chi connectivity index (χ1n) is 4.19. The van der Waals surface area contributed by atoms with Gasteiger partial charge in [-0.1, -0.05) is 57.9 Å². The average Bonchev–Trinajstić information content (AvgIpc) is 2.18. The van der Waals surface area contributed by atoms with E-state index in [1.165, 1.54) is 0 Å². The van der Waals surface area contributed by atoms with Gasteiger partial charge in [0.2, 0.25) is 0 Å². The van der Waals surface area contributed by atoms with Gasteiger partial charge < -0.3 is 0 Å². The van der Waals surface area contributed by atoms with Crippen molar-refractivity contribution in [3.8, 4) is 11.1 Å². The lowest BCUT2D eigenvalue weighted by atomic mass is 10.1. The Bertz CT molecular complexity index is 452. The van der Waals surface area contributed by atoms with Crippen LogP contribution in [0.2, 0.25) is 5.02 Å². The van der Waals surface area contributed by atoms with E-state index < -0.39 is 0 Å². The topological polar surface area (TPSA) is 0 Å². The van der Waals surface area contributed by atoms with Crippen LogP contribution in [0.3, 0.4) is 0 Å². The Morgan fingerprint density at radius 3 is 2.64 bits per heavy atom. The summed E-state index contributed by atoms with van der Waals surface area (Å²) in [5, 5.41) is 0.769. The van der Waals surface area contributed by atoms with E-state index in [0.29, 0.717) is 0 Å². The molecule has 2 aromatic carbocycles. The number of hydrogen-bond acceptors (Lipinski definition) is 0. The van der Waals surface area contributed by atoms with E-state index in [2.05, 4.69) is 22.0 Å². The van der Waals surface area contributed by atoms with Crippen molar-refractivity contribution in [2.45, 2.75) is 0 Å². The Balaban J connectivity index is 2.55. The van der Waals surface area contributed by atoms with Crippen molar-refractivity contribution in [2.75, 3.05) is 0 Å². The van der Waals surface area contributed by atoms with Gasteiger partial charge in [-0.05, 0) is 23.8 Å². The Labute approximate surface area is 96.7 Å². The van der Waals surface area contributed by atoms with E-state index in [-0.39, 0.29) is 0 Å². The second-order valence-electron chi connectivity index (χ2n) is 2.91. The van der Waals surface area contributed by atoms with E-state index >= 15 is 0 Å². The van der Waals surface area contributed by atoms with Crippen LogP contribution < -0.4 is 0 Å². The number of benzene rings is 2. The van der Waals surface area contributed by atoms with Crippen molar-refractivity contribution >= 4 is 27.5 Å². The molecule has 14 heavy (non-hydrogen) atoms. The summed E-state index contributed by atoms with van der Waals surface area (Å²) >= 11 is 9.47. The lowest BCUT2D eigenvalue weighted by Crippen LogP contribution is -1.78. The second kappa shape index (κ2) is 4.16. The van der Waals surface area contributed by atoms with Crippen molar-refractivity contribution in [2.24, 2.45) is 0 Å². The highest BCUT2D eigenvalue weighted by Gasteiger charge is 2.01. The molecule has 0 saturated carbocycles. The average molecular weight is 267 g/mol. The van der Waals surface area contributed by atoms with Crippen LogP contribution in [0.5, 0.6) is 0 Å². The molecule has 0 bridgehead atoms. The minimum absolute atomic E-state index is 0.769. The monoisotopic (exact) mass is 265 g/mol. The summed E-state index contributed by atoms with van der Waals surface area (Å²) < 4.78 is 0.940. The largest absolute Gasteiger partial charge is 0.0837 e. The van der Waals surface area contributed by atoms with Crippen molar-refractivity contribution in [3.05, 3.63) is 58.0 Å². The summed E-state index contributed by atoms with van der Waals surface area (Å²) in [6.07, 6.45) is 0. The van der Waals surface area contributed by atoms with Gasteiger partial charge in [-0.3, -0.25) is 0 Å². The first-order valence-corrected chi connectivity index (χ1v) is 5.36. The molecule has 0 unspecified atom stereocenters. The van der Waals surface area contributed by atoms with Gasteiger partial charge in [0.25, 0.3) is 0 Å². The summed E-state index contributed by atoms with van der Waals surface area (Å²) in [6.45, 7) is 0. The summed E-state index contributed by atoms with van der Waals surface area (Å²) in [5.41, 5.74) is 2.14. The smallest absolute Gasteiger partial charge is 0.0484 e. The quantitative estimate of drug-likeness (QED) is 0.709. The lowest BCUT2D eigenvalue weighted by Gasteiger charge is -2.03. The predicted octanol–water partition coefficient (Wildman–Crippen LogP) is 4.57. The summed E-state index contributed by atoms with van der Waals surface area (Å²) in [7, 11) is 0. The summed E-state index contributed by atoms with van der Waals surface area (Å²) in [4.78, 5) is 0. The van der Waals surface area contributed by atoms with Gasteiger partial charge in [0.1, 0.15) is 0 Å². The van der Waals surface area contributed by atoms with Crippen molar-refractivity contribution < 1.29 is 0 Å². The molecule has 0 N–H and O–H groups in total. The SMILES string of the molecule is Clc1ccccc1-c1cc[c]c(Br)c1. The van der Waals surface area contributed by atoms with Gasteiger partial charge in [-0.15, -0.1) is 0 Å². The molecule has 1 radical (unpaired) electrons. The molecule has 0 saturated heterocycles.